The highest BCUT2D eigenvalue weighted by Gasteiger charge is 2.00. The Morgan fingerprint density at radius 3 is 3.07 bits per heavy atom. The first kappa shape index (κ1) is 9.93. The zero-order chi connectivity index (χ0) is 10.7. The molecule has 76 valence electrons. The fraction of sp³-hybridized carbons (Fsp3) is 0.0909. The summed E-state index contributed by atoms with van der Waals surface area (Å²) in [5.41, 5.74) is 1.64. The second-order valence-electron chi connectivity index (χ2n) is 3.09. The molecule has 0 aliphatic carbocycles. The van der Waals surface area contributed by atoms with E-state index in [0.717, 1.165) is 16.6 Å². The van der Waals surface area contributed by atoms with Crippen LogP contribution < -0.4 is 5.32 Å². The molecule has 1 amide bonds. The minimum Gasteiger partial charge on any atom is -0.325 e. The molecule has 0 fully saturated rings. The van der Waals surface area contributed by atoms with Gasteiger partial charge in [-0.2, -0.15) is 0 Å². The van der Waals surface area contributed by atoms with Crippen molar-refractivity contribution in [1.82, 2.24) is 4.98 Å². The van der Waals surface area contributed by atoms with Crippen molar-refractivity contribution < 1.29 is 4.79 Å². The monoisotopic (exact) mass is 220 g/mol. The average molecular weight is 221 g/mol. The Labute approximate surface area is 92.1 Å². The number of aromatic nitrogens is 1. The van der Waals surface area contributed by atoms with Crippen LogP contribution in [0.1, 0.15) is 0 Å². The molecule has 0 saturated carbocycles. The van der Waals surface area contributed by atoms with Gasteiger partial charge in [0.15, 0.2) is 0 Å². The smallest absolute Gasteiger partial charge is 0.239 e. The number of carbonyl (C=O) groups excluding carboxylic acids is 1. The number of halogens is 1. The number of hydrogen-bond donors (Lipinski definition) is 1. The van der Waals surface area contributed by atoms with E-state index >= 15 is 0 Å². The first-order chi connectivity index (χ1) is 7.29. The third-order valence-corrected chi connectivity index (χ3v) is 2.25. The zero-order valence-corrected chi connectivity index (χ0v) is 8.66. The molecular weight excluding hydrogens is 212 g/mol. The summed E-state index contributed by atoms with van der Waals surface area (Å²) in [5.74, 6) is -0.245. The Bertz CT molecular complexity index is 499. The molecule has 2 rings (SSSR count). The van der Waals surface area contributed by atoms with Crippen LogP contribution >= 0.6 is 11.6 Å². The number of benzene rings is 1. The Morgan fingerprint density at radius 1 is 1.40 bits per heavy atom. The Balaban J connectivity index is 2.34. The van der Waals surface area contributed by atoms with Crippen LogP contribution in [0.5, 0.6) is 0 Å². The van der Waals surface area contributed by atoms with Crippen molar-refractivity contribution in [3.63, 3.8) is 0 Å². The van der Waals surface area contributed by atoms with E-state index in [1.807, 2.05) is 24.3 Å². The SMILES string of the molecule is O=C(CCl)Nc1ccc2ncccc2c1. The molecule has 0 spiro atoms. The van der Waals surface area contributed by atoms with Gasteiger partial charge < -0.3 is 5.32 Å². The topological polar surface area (TPSA) is 42.0 Å². The quantitative estimate of drug-likeness (QED) is 0.790. The van der Waals surface area contributed by atoms with Gasteiger partial charge in [0.1, 0.15) is 5.88 Å². The van der Waals surface area contributed by atoms with Gasteiger partial charge in [0, 0.05) is 17.3 Å². The first-order valence-corrected chi connectivity index (χ1v) is 5.03. The third-order valence-electron chi connectivity index (χ3n) is 2.01. The number of nitrogens with zero attached hydrogens (tertiary/aromatic N) is 1. The van der Waals surface area contributed by atoms with E-state index in [0.29, 0.717) is 0 Å². The van der Waals surface area contributed by atoms with Crippen LogP contribution in [-0.4, -0.2) is 16.8 Å². The minimum absolute atomic E-state index is 0.0366. The van der Waals surface area contributed by atoms with Crippen LogP contribution in [-0.2, 0) is 4.79 Å². The predicted octanol–water partition coefficient (Wildman–Crippen LogP) is 2.41. The van der Waals surface area contributed by atoms with Gasteiger partial charge in [-0.05, 0) is 24.3 Å². The van der Waals surface area contributed by atoms with E-state index < -0.39 is 0 Å². The van der Waals surface area contributed by atoms with E-state index in [1.165, 1.54) is 0 Å². The molecule has 0 aliphatic heterocycles. The highest BCUT2D eigenvalue weighted by molar-refractivity contribution is 6.29. The second kappa shape index (κ2) is 4.28. The van der Waals surface area contributed by atoms with E-state index in [-0.39, 0.29) is 11.8 Å². The lowest BCUT2D eigenvalue weighted by molar-refractivity contribution is -0.113. The normalized spacial score (nSPS) is 10.2. The van der Waals surface area contributed by atoms with Gasteiger partial charge in [-0.3, -0.25) is 9.78 Å². The Kier molecular flexibility index (Phi) is 2.83. The molecule has 1 N–H and O–H groups in total. The van der Waals surface area contributed by atoms with Crippen molar-refractivity contribution in [2.75, 3.05) is 11.2 Å². The molecule has 2 aromatic rings. The second-order valence-corrected chi connectivity index (χ2v) is 3.36. The van der Waals surface area contributed by atoms with Gasteiger partial charge >= 0.3 is 0 Å². The highest BCUT2D eigenvalue weighted by Crippen LogP contribution is 2.16. The number of anilines is 1. The number of amides is 1. The number of alkyl halides is 1. The largest absolute Gasteiger partial charge is 0.325 e. The van der Waals surface area contributed by atoms with Crippen molar-refractivity contribution in [2.24, 2.45) is 0 Å². The van der Waals surface area contributed by atoms with Gasteiger partial charge in [-0.25, -0.2) is 0 Å². The summed E-state index contributed by atoms with van der Waals surface area (Å²) < 4.78 is 0. The van der Waals surface area contributed by atoms with Crippen LogP contribution in [0.15, 0.2) is 36.5 Å². The van der Waals surface area contributed by atoms with Gasteiger partial charge in [-0.1, -0.05) is 6.07 Å². The molecule has 15 heavy (non-hydrogen) atoms. The fourth-order valence-electron chi connectivity index (χ4n) is 1.35. The van der Waals surface area contributed by atoms with Crippen molar-refractivity contribution in [3.8, 4) is 0 Å². The Morgan fingerprint density at radius 2 is 2.27 bits per heavy atom. The molecule has 0 radical (unpaired) electrons. The summed E-state index contributed by atoms with van der Waals surface area (Å²) in [4.78, 5) is 15.2. The molecule has 0 unspecified atom stereocenters. The van der Waals surface area contributed by atoms with Gasteiger partial charge in [0.05, 0.1) is 5.52 Å². The predicted molar refractivity (Wildman–Crippen MR) is 61.1 cm³/mol. The maximum absolute atomic E-state index is 11.1. The lowest BCUT2D eigenvalue weighted by Crippen LogP contribution is -2.12. The highest BCUT2D eigenvalue weighted by atomic mass is 35.5. The minimum atomic E-state index is -0.208. The van der Waals surface area contributed by atoms with E-state index in [2.05, 4.69) is 10.3 Å². The van der Waals surface area contributed by atoms with Crippen LogP contribution in [0.25, 0.3) is 10.9 Å². The van der Waals surface area contributed by atoms with Crippen molar-refractivity contribution >= 4 is 34.1 Å². The first-order valence-electron chi connectivity index (χ1n) is 4.50. The number of nitrogens with one attached hydrogen (secondary N) is 1. The third kappa shape index (κ3) is 2.25. The van der Waals surface area contributed by atoms with Crippen molar-refractivity contribution in [3.05, 3.63) is 36.5 Å². The zero-order valence-electron chi connectivity index (χ0n) is 7.90. The van der Waals surface area contributed by atoms with Crippen molar-refractivity contribution in [2.45, 2.75) is 0 Å². The van der Waals surface area contributed by atoms with Gasteiger partial charge in [0.25, 0.3) is 0 Å². The van der Waals surface area contributed by atoms with Crippen molar-refractivity contribution in [1.29, 1.82) is 0 Å². The Hall–Kier alpha value is -1.61. The molecule has 1 aromatic heterocycles. The molecule has 0 bridgehead atoms. The number of carbonyl (C=O) groups is 1. The van der Waals surface area contributed by atoms with Crippen LogP contribution in [0.4, 0.5) is 5.69 Å². The van der Waals surface area contributed by atoms with Crippen LogP contribution in [0, 0.1) is 0 Å². The molecular formula is C11H9ClN2O. The molecule has 1 heterocycles. The lowest BCUT2D eigenvalue weighted by Gasteiger charge is -2.03. The van der Waals surface area contributed by atoms with Gasteiger partial charge in [0.2, 0.25) is 5.91 Å². The maximum Gasteiger partial charge on any atom is 0.239 e. The summed E-state index contributed by atoms with van der Waals surface area (Å²) in [7, 11) is 0. The van der Waals surface area contributed by atoms with E-state index in [4.69, 9.17) is 11.6 Å². The number of pyridine rings is 1. The molecule has 3 nitrogen and oxygen atoms in total. The van der Waals surface area contributed by atoms with Gasteiger partial charge in [-0.15, -0.1) is 11.6 Å². The fourth-order valence-corrected chi connectivity index (χ4v) is 1.41. The van der Waals surface area contributed by atoms with Crippen LogP contribution in [0.2, 0.25) is 0 Å². The average Bonchev–Trinajstić information content (AvgIpc) is 2.29. The summed E-state index contributed by atoms with van der Waals surface area (Å²) in [6.45, 7) is 0. The van der Waals surface area contributed by atoms with E-state index in [1.54, 1.807) is 12.3 Å². The molecule has 1 aromatic carbocycles. The number of fused-ring (bicyclic) bond motifs is 1. The number of rotatable bonds is 2. The number of hydrogen-bond acceptors (Lipinski definition) is 2. The molecule has 4 heteroatoms. The molecule has 0 atom stereocenters. The maximum atomic E-state index is 11.1. The lowest BCUT2D eigenvalue weighted by atomic mass is 10.2. The van der Waals surface area contributed by atoms with Crippen LogP contribution in [0.3, 0.4) is 0 Å². The standard InChI is InChI=1S/C11H9ClN2O/c12-7-11(15)14-9-3-4-10-8(6-9)2-1-5-13-10/h1-6H,7H2,(H,14,15). The summed E-state index contributed by atoms with van der Waals surface area (Å²) in [6.07, 6.45) is 1.74. The summed E-state index contributed by atoms with van der Waals surface area (Å²) in [5, 5.41) is 3.68. The molecule has 0 saturated heterocycles. The molecule has 0 aliphatic rings. The summed E-state index contributed by atoms with van der Waals surface area (Å²) >= 11 is 5.40. The van der Waals surface area contributed by atoms with E-state index in [9.17, 15) is 4.79 Å². The summed E-state index contributed by atoms with van der Waals surface area (Å²) in [6, 6.07) is 9.33.